The number of nitrogen functional groups attached to an aromatic ring is 1. The maximum Gasteiger partial charge on any atom is 0.340 e. The molecule has 0 spiro atoms. The summed E-state index contributed by atoms with van der Waals surface area (Å²) in [7, 11) is 1.67. The van der Waals surface area contributed by atoms with Crippen LogP contribution in [-0.2, 0) is 9.53 Å². The summed E-state index contributed by atoms with van der Waals surface area (Å²) < 4.78 is 5.06. The maximum atomic E-state index is 12.2. The molecule has 0 aliphatic carbocycles. The second kappa shape index (κ2) is 7.84. The number of carbonyl (C=O) groups excluding carboxylic acids is 2. The molecule has 0 heterocycles. The van der Waals surface area contributed by atoms with Gasteiger partial charge in [0.25, 0.3) is 5.91 Å². The van der Waals surface area contributed by atoms with E-state index in [4.69, 9.17) is 22.1 Å². The number of nitrogens with two attached hydrogens (primary N) is 1. The third-order valence-electron chi connectivity index (χ3n) is 3.82. The Morgan fingerprint density at radius 1 is 1.21 bits per heavy atom. The van der Waals surface area contributed by atoms with Crippen LogP contribution in [0, 0.1) is 0 Å². The Morgan fingerprint density at radius 3 is 2.50 bits per heavy atom. The van der Waals surface area contributed by atoms with Crippen LogP contribution in [0.1, 0.15) is 28.9 Å². The number of anilines is 1. The third kappa shape index (κ3) is 4.26. The van der Waals surface area contributed by atoms with E-state index in [0.717, 1.165) is 5.56 Å². The van der Waals surface area contributed by atoms with Crippen LogP contribution in [0.2, 0.25) is 5.02 Å². The molecular formula is C18H19ClN2O3. The predicted molar refractivity (Wildman–Crippen MR) is 93.8 cm³/mol. The van der Waals surface area contributed by atoms with Gasteiger partial charge in [-0.15, -0.1) is 0 Å². The summed E-state index contributed by atoms with van der Waals surface area (Å²) in [6.45, 7) is 1.56. The molecule has 0 aliphatic rings. The maximum absolute atomic E-state index is 12.2. The molecule has 0 aliphatic heterocycles. The summed E-state index contributed by atoms with van der Waals surface area (Å²) in [5, 5.41) is 0.427. The van der Waals surface area contributed by atoms with Crippen molar-refractivity contribution in [3.63, 3.8) is 0 Å². The van der Waals surface area contributed by atoms with E-state index >= 15 is 0 Å². The molecule has 2 aromatic carbocycles. The van der Waals surface area contributed by atoms with Crippen molar-refractivity contribution >= 4 is 29.2 Å². The fourth-order valence-electron chi connectivity index (χ4n) is 2.20. The molecule has 2 rings (SSSR count). The van der Waals surface area contributed by atoms with Gasteiger partial charge in [0.1, 0.15) is 0 Å². The van der Waals surface area contributed by atoms with Crippen molar-refractivity contribution < 1.29 is 14.3 Å². The van der Waals surface area contributed by atoms with Crippen molar-refractivity contribution in [3.8, 4) is 0 Å². The number of hydrogen-bond donors (Lipinski definition) is 1. The highest BCUT2D eigenvalue weighted by Crippen LogP contribution is 2.20. The Kier molecular flexibility index (Phi) is 5.82. The van der Waals surface area contributed by atoms with Crippen LogP contribution in [0.4, 0.5) is 5.69 Å². The van der Waals surface area contributed by atoms with E-state index in [1.54, 1.807) is 13.1 Å². The smallest absolute Gasteiger partial charge is 0.340 e. The van der Waals surface area contributed by atoms with Gasteiger partial charge in [-0.25, -0.2) is 4.79 Å². The SMILES string of the molecule is C[C@@H](c1ccccc1)N(C)C(=O)COC(=O)c1ccc(Cl)cc1N. The molecule has 0 saturated carbocycles. The minimum absolute atomic E-state index is 0.127. The van der Waals surface area contributed by atoms with Crippen molar-refractivity contribution in [2.45, 2.75) is 13.0 Å². The lowest BCUT2D eigenvalue weighted by atomic mass is 10.1. The molecule has 0 aromatic heterocycles. The first kappa shape index (κ1) is 17.8. The van der Waals surface area contributed by atoms with E-state index < -0.39 is 5.97 Å². The largest absolute Gasteiger partial charge is 0.452 e. The highest BCUT2D eigenvalue weighted by Gasteiger charge is 2.20. The molecular weight excluding hydrogens is 328 g/mol. The quantitative estimate of drug-likeness (QED) is 0.666. The molecule has 0 saturated heterocycles. The van der Waals surface area contributed by atoms with Gasteiger partial charge in [-0.1, -0.05) is 41.9 Å². The number of hydrogen-bond acceptors (Lipinski definition) is 4. The van der Waals surface area contributed by atoms with E-state index in [-0.39, 0.29) is 29.8 Å². The number of halogens is 1. The number of ether oxygens (including phenoxy) is 1. The topological polar surface area (TPSA) is 72.6 Å². The van der Waals surface area contributed by atoms with E-state index in [1.807, 2.05) is 37.3 Å². The Balaban J connectivity index is 1.96. The number of esters is 1. The summed E-state index contributed by atoms with van der Waals surface area (Å²) in [6, 6.07) is 14.0. The number of rotatable bonds is 5. The number of nitrogens with zero attached hydrogens (tertiary/aromatic N) is 1. The molecule has 1 amide bonds. The molecule has 24 heavy (non-hydrogen) atoms. The first-order chi connectivity index (χ1) is 11.4. The van der Waals surface area contributed by atoms with Gasteiger partial charge in [0, 0.05) is 17.8 Å². The summed E-state index contributed by atoms with van der Waals surface area (Å²) in [5.74, 6) is -0.953. The molecule has 6 heteroatoms. The highest BCUT2D eigenvalue weighted by atomic mass is 35.5. The highest BCUT2D eigenvalue weighted by molar-refractivity contribution is 6.31. The van der Waals surface area contributed by atoms with Crippen LogP contribution >= 0.6 is 11.6 Å². The van der Waals surface area contributed by atoms with Crippen LogP contribution in [-0.4, -0.2) is 30.4 Å². The first-order valence-corrected chi connectivity index (χ1v) is 7.80. The fourth-order valence-corrected chi connectivity index (χ4v) is 2.38. The molecule has 0 unspecified atom stereocenters. The predicted octanol–water partition coefficient (Wildman–Crippen LogP) is 3.30. The zero-order valence-corrected chi connectivity index (χ0v) is 14.3. The van der Waals surface area contributed by atoms with Crippen LogP contribution in [0.5, 0.6) is 0 Å². The summed E-state index contributed by atoms with van der Waals surface area (Å²) in [4.78, 5) is 25.8. The van der Waals surface area contributed by atoms with Gasteiger partial charge in [-0.3, -0.25) is 4.79 Å². The number of carbonyl (C=O) groups is 2. The first-order valence-electron chi connectivity index (χ1n) is 7.43. The molecule has 1 atom stereocenters. The average Bonchev–Trinajstić information content (AvgIpc) is 2.58. The van der Waals surface area contributed by atoms with Crippen molar-refractivity contribution in [1.82, 2.24) is 4.90 Å². The molecule has 0 bridgehead atoms. The van der Waals surface area contributed by atoms with Crippen LogP contribution in [0.15, 0.2) is 48.5 Å². The van der Waals surface area contributed by atoms with Crippen LogP contribution < -0.4 is 5.73 Å². The molecule has 5 nitrogen and oxygen atoms in total. The van der Waals surface area contributed by atoms with Gasteiger partial charge in [0.05, 0.1) is 11.6 Å². The zero-order chi connectivity index (χ0) is 17.7. The van der Waals surface area contributed by atoms with Gasteiger partial charge in [0.15, 0.2) is 6.61 Å². The van der Waals surface area contributed by atoms with E-state index in [1.165, 1.54) is 17.0 Å². The van der Waals surface area contributed by atoms with E-state index in [0.29, 0.717) is 5.02 Å². The lowest BCUT2D eigenvalue weighted by Crippen LogP contribution is -2.33. The second-order valence-corrected chi connectivity index (χ2v) is 5.84. The zero-order valence-electron chi connectivity index (χ0n) is 13.5. The summed E-state index contributed by atoms with van der Waals surface area (Å²) in [5.41, 5.74) is 7.13. The normalized spacial score (nSPS) is 11.6. The standard InChI is InChI=1S/C18H19ClN2O3/c1-12(13-6-4-3-5-7-13)21(2)17(22)11-24-18(23)15-9-8-14(19)10-16(15)20/h3-10,12H,11,20H2,1-2H3/t12-/m0/s1. The Labute approximate surface area is 146 Å². The molecule has 2 N–H and O–H groups in total. The van der Waals surface area contributed by atoms with Gasteiger partial charge < -0.3 is 15.4 Å². The lowest BCUT2D eigenvalue weighted by molar-refractivity contribution is -0.135. The van der Waals surface area contributed by atoms with Crippen molar-refractivity contribution in [1.29, 1.82) is 0 Å². The number of amides is 1. The summed E-state index contributed by atoms with van der Waals surface area (Å²) >= 11 is 5.79. The number of likely N-dealkylation sites (N-methyl/N-ethyl adjacent to an activating group) is 1. The number of benzene rings is 2. The second-order valence-electron chi connectivity index (χ2n) is 5.40. The van der Waals surface area contributed by atoms with Crippen molar-refractivity contribution in [3.05, 3.63) is 64.7 Å². The minimum Gasteiger partial charge on any atom is -0.452 e. The van der Waals surface area contributed by atoms with Crippen molar-refractivity contribution in [2.24, 2.45) is 0 Å². The Bertz CT molecular complexity index is 734. The third-order valence-corrected chi connectivity index (χ3v) is 4.05. The van der Waals surface area contributed by atoms with Crippen molar-refractivity contribution in [2.75, 3.05) is 19.4 Å². The summed E-state index contributed by atoms with van der Waals surface area (Å²) in [6.07, 6.45) is 0. The monoisotopic (exact) mass is 346 g/mol. The molecule has 126 valence electrons. The Hall–Kier alpha value is -2.53. The Morgan fingerprint density at radius 2 is 1.88 bits per heavy atom. The van der Waals surface area contributed by atoms with Crippen LogP contribution in [0.3, 0.4) is 0 Å². The van der Waals surface area contributed by atoms with Gasteiger partial charge in [0.2, 0.25) is 0 Å². The molecule has 2 aromatic rings. The van der Waals surface area contributed by atoms with E-state index in [9.17, 15) is 9.59 Å². The van der Waals surface area contributed by atoms with E-state index in [2.05, 4.69) is 0 Å². The average molecular weight is 347 g/mol. The van der Waals surface area contributed by atoms with Gasteiger partial charge >= 0.3 is 5.97 Å². The van der Waals surface area contributed by atoms with Gasteiger partial charge in [-0.2, -0.15) is 0 Å². The lowest BCUT2D eigenvalue weighted by Gasteiger charge is -2.25. The fraction of sp³-hybridized carbons (Fsp3) is 0.222. The van der Waals surface area contributed by atoms with Gasteiger partial charge in [-0.05, 0) is 30.7 Å². The molecule has 0 fully saturated rings. The van der Waals surface area contributed by atoms with Crippen LogP contribution in [0.25, 0.3) is 0 Å². The molecule has 0 radical (unpaired) electrons. The minimum atomic E-state index is -0.654.